The molecule has 9 heteroatoms. The van der Waals surface area contributed by atoms with Crippen LogP contribution in [0.2, 0.25) is 0 Å². The molecule has 2 heterocycles. The lowest BCUT2D eigenvalue weighted by Gasteiger charge is -2.20. The lowest BCUT2D eigenvalue weighted by atomic mass is 10.2. The van der Waals surface area contributed by atoms with Crippen LogP contribution in [0.4, 0.5) is 5.69 Å². The summed E-state index contributed by atoms with van der Waals surface area (Å²) in [5.41, 5.74) is 1.51. The Hall–Kier alpha value is -3.07. The van der Waals surface area contributed by atoms with Crippen LogP contribution < -0.4 is 9.04 Å². The van der Waals surface area contributed by atoms with Crippen LogP contribution >= 0.6 is 0 Å². The minimum Gasteiger partial charge on any atom is -0.496 e. The number of ether oxygens (including phenoxy) is 3. The molecule has 1 saturated heterocycles. The molecular weight excluding hydrogens is 398 g/mol. The molecule has 0 bridgehead atoms. The fourth-order valence-electron chi connectivity index (χ4n) is 3.47. The summed E-state index contributed by atoms with van der Waals surface area (Å²) >= 11 is 0. The third-order valence-electron chi connectivity index (χ3n) is 4.96. The number of fused-ring (bicyclic) bond motifs is 1. The second kappa shape index (κ2) is 7.40. The highest BCUT2D eigenvalue weighted by molar-refractivity contribution is 7.92. The van der Waals surface area contributed by atoms with Gasteiger partial charge in [-0.2, -0.15) is 0 Å². The van der Waals surface area contributed by atoms with Crippen molar-refractivity contribution in [3.05, 3.63) is 53.6 Å². The number of methoxy groups -OCH3 is 1. The van der Waals surface area contributed by atoms with Gasteiger partial charge in [-0.15, -0.1) is 0 Å². The summed E-state index contributed by atoms with van der Waals surface area (Å²) in [7, 11) is -2.53. The zero-order chi connectivity index (χ0) is 20.6. The van der Waals surface area contributed by atoms with Crippen molar-refractivity contribution >= 4 is 27.6 Å². The number of hydrogen-bond donors (Lipinski definition) is 0. The van der Waals surface area contributed by atoms with Crippen molar-refractivity contribution in [1.29, 1.82) is 0 Å². The molecule has 1 atom stereocenters. The van der Waals surface area contributed by atoms with Crippen LogP contribution in [-0.4, -0.2) is 46.7 Å². The van der Waals surface area contributed by atoms with E-state index in [2.05, 4.69) is 0 Å². The lowest BCUT2D eigenvalue weighted by molar-refractivity contribution is -0.145. The highest BCUT2D eigenvalue weighted by Crippen LogP contribution is 2.34. The molecule has 29 heavy (non-hydrogen) atoms. The van der Waals surface area contributed by atoms with Crippen LogP contribution in [0, 0.1) is 0 Å². The first-order chi connectivity index (χ1) is 13.9. The van der Waals surface area contributed by atoms with Crippen molar-refractivity contribution in [1.82, 2.24) is 0 Å². The van der Waals surface area contributed by atoms with E-state index in [4.69, 9.17) is 14.2 Å². The lowest BCUT2D eigenvalue weighted by Crippen LogP contribution is -2.29. The third kappa shape index (κ3) is 3.42. The van der Waals surface area contributed by atoms with Gasteiger partial charge in [-0.3, -0.25) is 4.31 Å². The van der Waals surface area contributed by atoms with E-state index in [9.17, 15) is 18.0 Å². The number of carbonyl (C=O) groups is 2. The number of esters is 2. The van der Waals surface area contributed by atoms with Crippen molar-refractivity contribution in [2.45, 2.75) is 23.8 Å². The first kappa shape index (κ1) is 19.3. The molecule has 0 amide bonds. The molecule has 2 aliphatic heterocycles. The topological polar surface area (TPSA) is 99.2 Å². The molecule has 2 aromatic rings. The number of hydrogen-bond acceptors (Lipinski definition) is 7. The summed E-state index contributed by atoms with van der Waals surface area (Å²) in [6.07, 6.45) is -0.127. The molecule has 0 saturated carbocycles. The van der Waals surface area contributed by atoms with E-state index < -0.39 is 28.1 Å². The first-order valence-electron chi connectivity index (χ1n) is 9.08. The molecule has 2 aliphatic rings. The number of sulfonamides is 1. The summed E-state index contributed by atoms with van der Waals surface area (Å²) < 4.78 is 43.0. The Morgan fingerprint density at radius 2 is 2.00 bits per heavy atom. The minimum absolute atomic E-state index is 0.0593. The minimum atomic E-state index is -3.89. The van der Waals surface area contributed by atoms with Crippen molar-refractivity contribution in [2.24, 2.45) is 0 Å². The van der Waals surface area contributed by atoms with Crippen LogP contribution in [-0.2, 0) is 30.7 Å². The predicted octanol–water partition coefficient (Wildman–Crippen LogP) is 1.92. The van der Waals surface area contributed by atoms with Crippen LogP contribution in [0.25, 0.3) is 0 Å². The first-order valence-corrected chi connectivity index (χ1v) is 10.5. The Balaban J connectivity index is 1.67. The molecule has 0 N–H and O–H groups in total. The van der Waals surface area contributed by atoms with Crippen molar-refractivity contribution < 1.29 is 32.2 Å². The van der Waals surface area contributed by atoms with Gasteiger partial charge in [0.25, 0.3) is 10.0 Å². The van der Waals surface area contributed by atoms with Gasteiger partial charge in [-0.1, -0.05) is 18.2 Å². The molecule has 0 aliphatic carbocycles. The quantitative estimate of drug-likeness (QED) is 0.685. The summed E-state index contributed by atoms with van der Waals surface area (Å²) in [6.45, 7) is 0.498. The summed E-state index contributed by atoms with van der Waals surface area (Å²) in [4.78, 5) is 24.1. The average Bonchev–Trinajstić information content (AvgIpc) is 3.34. The van der Waals surface area contributed by atoms with E-state index >= 15 is 0 Å². The van der Waals surface area contributed by atoms with Gasteiger partial charge < -0.3 is 14.2 Å². The maximum Gasteiger partial charge on any atom is 0.347 e. The zero-order valence-corrected chi connectivity index (χ0v) is 16.5. The van der Waals surface area contributed by atoms with Gasteiger partial charge in [0, 0.05) is 13.0 Å². The number of cyclic esters (lactones) is 1. The van der Waals surface area contributed by atoms with Gasteiger partial charge in [0.05, 0.1) is 24.3 Å². The summed E-state index contributed by atoms with van der Waals surface area (Å²) in [5.74, 6) is -1.30. The van der Waals surface area contributed by atoms with E-state index in [0.717, 1.165) is 5.56 Å². The number of anilines is 1. The SMILES string of the molecule is COc1ccc(S(=O)(=O)N2CCc3ccccc32)cc1C(=O)O[C@@H]1CCOC1=O. The van der Waals surface area contributed by atoms with Crippen molar-refractivity contribution in [3.63, 3.8) is 0 Å². The standard InChI is InChI=1S/C20H19NO7S/c1-26-17-7-6-14(12-15(17)19(22)28-18-9-11-27-20(18)23)29(24,25)21-10-8-13-4-2-3-5-16(13)21/h2-7,12,18H,8-11H2,1H3/t18-/m1/s1. The normalized spacial score (nSPS) is 18.3. The Kier molecular flexibility index (Phi) is 4.91. The van der Waals surface area contributed by atoms with Crippen molar-refractivity contribution in [2.75, 3.05) is 24.6 Å². The number of nitrogens with zero attached hydrogens (tertiary/aromatic N) is 1. The molecule has 2 aromatic carbocycles. The Labute approximate surface area is 168 Å². The number of carbonyl (C=O) groups excluding carboxylic acids is 2. The van der Waals surface area contributed by atoms with Crippen LogP contribution in [0.15, 0.2) is 47.4 Å². The molecular formula is C20H19NO7S. The monoisotopic (exact) mass is 417 g/mol. The summed E-state index contributed by atoms with van der Waals surface area (Å²) in [6, 6.07) is 11.3. The van der Waals surface area contributed by atoms with Gasteiger partial charge >= 0.3 is 11.9 Å². The highest BCUT2D eigenvalue weighted by Gasteiger charge is 2.34. The predicted molar refractivity (Wildman–Crippen MR) is 102 cm³/mol. The Morgan fingerprint density at radius 1 is 1.21 bits per heavy atom. The number of para-hydroxylation sites is 1. The maximum atomic E-state index is 13.2. The molecule has 4 rings (SSSR count). The molecule has 0 radical (unpaired) electrons. The smallest absolute Gasteiger partial charge is 0.347 e. The van der Waals surface area contributed by atoms with Gasteiger partial charge in [-0.25, -0.2) is 18.0 Å². The van der Waals surface area contributed by atoms with Gasteiger partial charge in [0.2, 0.25) is 6.10 Å². The largest absolute Gasteiger partial charge is 0.496 e. The summed E-state index contributed by atoms with van der Waals surface area (Å²) in [5, 5.41) is 0. The van der Waals surface area contributed by atoms with Crippen LogP contribution in [0.3, 0.4) is 0 Å². The van der Waals surface area contributed by atoms with E-state index in [1.807, 2.05) is 12.1 Å². The van der Waals surface area contributed by atoms with Gasteiger partial charge in [-0.05, 0) is 36.2 Å². The molecule has 8 nitrogen and oxygen atoms in total. The van der Waals surface area contributed by atoms with E-state index in [0.29, 0.717) is 18.7 Å². The highest BCUT2D eigenvalue weighted by atomic mass is 32.2. The number of rotatable bonds is 5. The molecule has 152 valence electrons. The fraction of sp³-hybridized carbons (Fsp3) is 0.300. The maximum absolute atomic E-state index is 13.2. The van der Waals surface area contributed by atoms with Crippen molar-refractivity contribution in [3.8, 4) is 5.75 Å². The number of benzene rings is 2. The van der Waals surface area contributed by atoms with Gasteiger partial charge in [0.15, 0.2) is 0 Å². The van der Waals surface area contributed by atoms with E-state index in [1.165, 1.54) is 29.6 Å². The molecule has 0 aromatic heterocycles. The van der Waals surface area contributed by atoms with Crippen LogP contribution in [0.5, 0.6) is 5.75 Å². The average molecular weight is 417 g/mol. The third-order valence-corrected chi connectivity index (χ3v) is 6.77. The second-order valence-electron chi connectivity index (χ2n) is 6.67. The van der Waals surface area contributed by atoms with Gasteiger partial charge in [0.1, 0.15) is 11.3 Å². The Bertz CT molecular complexity index is 1080. The molecule has 1 fully saturated rings. The second-order valence-corrected chi connectivity index (χ2v) is 8.53. The molecule has 0 spiro atoms. The van der Waals surface area contributed by atoms with E-state index in [-0.39, 0.29) is 29.2 Å². The fourth-order valence-corrected chi connectivity index (χ4v) is 5.00. The zero-order valence-electron chi connectivity index (χ0n) is 15.7. The van der Waals surface area contributed by atoms with Crippen LogP contribution in [0.1, 0.15) is 22.3 Å². The van der Waals surface area contributed by atoms with E-state index in [1.54, 1.807) is 12.1 Å². The Morgan fingerprint density at radius 3 is 2.72 bits per heavy atom. The molecule has 0 unspecified atom stereocenters.